The Morgan fingerprint density at radius 2 is 2.40 bits per heavy atom. The zero-order chi connectivity index (χ0) is 10.5. The molecule has 2 unspecified atom stereocenters. The van der Waals surface area contributed by atoms with Crippen LogP contribution in [0.2, 0.25) is 0 Å². The first-order chi connectivity index (χ1) is 7.40. The minimum Gasteiger partial charge on any atom is -0.312 e. The molecule has 2 atom stereocenters. The van der Waals surface area contributed by atoms with Gasteiger partial charge in [-0.1, -0.05) is 19.8 Å². The fourth-order valence-electron chi connectivity index (χ4n) is 2.51. The molecule has 4 nitrogen and oxygen atoms in total. The van der Waals surface area contributed by atoms with E-state index in [1.165, 1.54) is 25.7 Å². The summed E-state index contributed by atoms with van der Waals surface area (Å²) >= 11 is 0. The van der Waals surface area contributed by atoms with Crippen LogP contribution in [0.25, 0.3) is 0 Å². The van der Waals surface area contributed by atoms with E-state index >= 15 is 0 Å². The highest BCUT2D eigenvalue weighted by molar-refractivity contribution is 4.82. The fraction of sp³-hybridized carbons (Fsp3) is 0.818. The van der Waals surface area contributed by atoms with Crippen molar-refractivity contribution in [1.82, 2.24) is 20.1 Å². The van der Waals surface area contributed by atoms with Gasteiger partial charge in [0.05, 0.1) is 6.54 Å². The van der Waals surface area contributed by atoms with Gasteiger partial charge >= 0.3 is 0 Å². The van der Waals surface area contributed by atoms with Gasteiger partial charge in [-0.3, -0.25) is 4.68 Å². The van der Waals surface area contributed by atoms with Crippen LogP contribution in [-0.4, -0.2) is 27.4 Å². The average molecular weight is 208 g/mol. The molecule has 0 aromatic carbocycles. The van der Waals surface area contributed by atoms with E-state index < -0.39 is 0 Å². The van der Waals surface area contributed by atoms with Crippen LogP contribution in [0.15, 0.2) is 12.7 Å². The van der Waals surface area contributed by atoms with Crippen LogP contribution in [0.5, 0.6) is 0 Å². The zero-order valence-electron chi connectivity index (χ0n) is 9.39. The highest BCUT2D eigenvalue weighted by Crippen LogP contribution is 2.27. The smallest absolute Gasteiger partial charge is 0.137 e. The number of nitrogens with one attached hydrogen (secondary N) is 1. The van der Waals surface area contributed by atoms with Crippen molar-refractivity contribution in [3.8, 4) is 0 Å². The quantitative estimate of drug-likeness (QED) is 0.796. The summed E-state index contributed by atoms with van der Waals surface area (Å²) in [5.74, 6) is 0.890. The highest BCUT2D eigenvalue weighted by Gasteiger charge is 2.24. The molecule has 0 aliphatic heterocycles. The van der Waals surface area contributed by atoms with Crippen molar-refractivity contribution in [2.24, 2.45) is 5.92 Å². The Kier molecular flexibility index (Phi) is 3.72. The Morgan fingerprint density at radius 3 is 3.13 bits per heavy atom. The molecule has 1 aromatic heterocycles. The summed E-state index contributed by atoms with van der Waals surface area (Å²) in [6.45, 7) is 4.22. The van der Waals surface area contributed by atoms with Crippen molar-refractivity contribution in [3.05, 3.63) is 12.7 Å². The molecule has 1 heterocycles. The Bertz CT molecular complexity index is 270. The van der Waals surface area contributed by atoms with Crippen LogP contribution in [0, 0.1) is 5.92 Å². The first-order valence-electron chi connectivity index (χ1n) is 5.96. The summed E-state index contributed by atoms with van der Waals surface area (Å²) < 4.78 is 1.88. The lowest BCUT2D eigenvalue weighted by molar-refractivity contribution is 0.379. The molecule has 2 rings (SSSR count). The fourth-order valence-corrected chi connectivity index (χ4v) is 2.51. The highest BCUT2D eigenvalue weighted by atomic mass is 15.3. The van der Waals surface area contributed by atoms with Gasteiger partial charge in [-0.15, -0.1) is 0 Å². The zero-order valence-corrected chi connectivity index (χ0v) is 9.39. The topological polar surface area (TPSA) is 42.7 Å². The summed E-state index contributed by atoms with van der Waals surface area (Å²) in [6.07, 6.45) is 8.80. The third-order valence-corrected chi connectivity index (χ3v) is 3.40. The molecule has 1 fully saturated rings. The lowest BCUT2D eigenvalue weighted by Crippen LogP contribution is -2.34. The van der Waals surface area contributed by atoms with Crippen LogP contribution in [0.3, 0.4) is 0 Å². The van der Waals surface area contributed by atoms with E-state index in [-0.39, 0.29) is 0 Å². The van der Waals surface area contributed by atoms with Crippen LogP contribution < -0.4 is 5.32 Å². The maximum atomic E-state index is 4.09. The second-order valence-electron chi connectivity index (χ2n) is 4.32. The van der Waals surface area contributed by atoms with Gasteiger partial charge in [-0.05, 0) is 18.8 Å². The van der Waals surface area contributed by atoms with Crippen LogP contribution in [-0.2, 0) is 6.54 Å². The largest absolute Gasteiger partial charge is 0.312 e. The molecule has 15 heavy (non-hydrogen) atoms. The number of hydrogen-bond donors (Lipinski definition) is 1. The monoisotopic (exact) mass is 208 g/mol. The van der Waals surface area contributed by atoms with Crippen LogP contribution in [0.4, 0.5) is 0 Å². The van der Waals surface area contributed by atoms with E-state index in [4.69, 9.17) is 0 Å². The van der Waals surface area contributed by atoms with Gasteiger partial charge in [0, 0.05) is 12.6 Å². The number of hydrogen-bond acceptors (Lipinski definition) is 3. The third kappa shape index (κ3) is 2.78. The van der Waals surface area contributed by atoms with Gasteiger partial charge < -0.3 is 5.32 Å². The molecule has 1 saturated carbocycles. The normalized spacial score (nSPS) is 25.9. The lowest BCUT2D eigenvalue weighted by Gasteiger charge is -2.19. The first-order valence-corrected chi connectivity index (χ1v) is 5.96. The maximum Gasteiger partial charge on any atom is 0.137 e. The van der Waals surface area contributed by atoms with Crippen molar-refractivity contribution in [2.45, 2.75) is 45.2 Å². The van der Waals surface area contributed by atoms with Crippen molar-refractivity contribution in [2.75, 3.05) is 6.54 Å². The predicted molar refractivity (Wildman–Crippen MR) is 59.4 cm³/mol. The van der Waals surface area contributed by atoms with Gasteiger partial charge in [0.25, 0.3) is 0 Å². The first kappa shape index (κ1) is 10.6. The molecule has 1 aliphatic carbocycles. The maximum absolute atomic E-state index is 4.09. The van der Waals surface area contributed by atoms with Crippen molar-refractivity contribution >= 4 is 0 Å². The van der Waals surface area contributed by atoms with Crippen LogP contribution >= 0.6 is 0 Å². The second-order valence-corrected chi connectivity index (χ2v) is 4.32. The van der Waals surface area contributed by atoms with Crippen molar-refractivity contribution in [3.63, 3.8) is 0 Å². The lowest BCUT2D eigenvalue weighted by atomic mass is 10.0. The summed E-state index contributed by atoms with van der Waals surface area (Å²) in [5.41, 5.74) is 0. The van der Waals surface area contributed by atoms with Gasteiger partial charge in [-0.2, -0.15) is 5.10 Å². The number of aromatic nitrogens is 3. The summed E-state index contributed by atoms with van der Waals surface area (Å²) in [7, 11) is 0. The Labute approximate surface area is 91.1 Å². The molecule has 1 N–H and O–H groups in total. The Balaban J connectivity index is 1.69. The molecule has 84 valence electrons. The summed E-state index contributed by atoms with van der Waals surface area (Å²) in [5, 5.41) is 7.72. The summed E-state index contributed by atoms with van der Waals surface area (Å²) in [6, 6.07) is 0.735. The van der Waals surface area contributed by atoms with E-state index in [2.05, 4.69) is 22.3 Å². The number of rotatable bonds is 5. The minimum atomic E-state index is 0.735. The molecule has 0 radical (unpaired) electrons. The van der Waals surface area contributed by atoms with E-state index in [0.717, 1.165) is 25.0 Å². The molecular formula is C11H20N4. The molecule has 4 heteroatoms. The SMILES string of the molecule is CCC1CCCC1NCCn1cncn1. The van der Waals surface area contributed by atoms with Crippen molar-refractivity contribution in [1.29, 1.82) is 0 Å². The molecule has 0 bridgehead atoms. The third-order valence-electron chi connectivity index (χ3n) is 3.40. The van der Waals surface area contributed by atoms with E-state index in [1.807, 2.05) is 4.68 Å². The van der Waals surface area contributed by atoms with Crippen molar-refractivity contribution < 1.29 is 0 Å². The average Bonchev–Trinajstić information content (AvgIpc) is 2.88. The molecule has 0 spiro atoms. The van der Waals surface area contributed by atoms with Gasteiger partial charge in [0.1, 0.15) is 12.7 Å². The van der Waals surface area contributed by atoms with Crippen LogP contribution in [0.1, 0.15) is 32.6 Å². The van der Waals surface area contributed by atoms with Gasteiger partial charge in [0.2, 0.25) is 0 Å². The van der Waals surface area contributed by atoms with E-state index in [1.54, 1.807) is 12.7 Å². The molecule has 1 aliphatic rings. The summed E-state index contributed by atoms with van der Waals surface area (Å²) in [4.78, 5) is 3.93. The van der Waals surface area contributed by atoms with Gasteiger partial charge in [-0.25, -0.2) is 4.98 Å². The molecular weight excluding hydrogens is 188 g/mol. The number of nitrogens with zero attached hydrogens (tertiary/aromatic N) is 3. The standard InChI is InChI=1S/C11H20N4/c1-2-10-4-3-5-11(10)13-6-7-15-9-12-8-14-15/h8-11,13H,2-7H2,1H3. The Morgan fingerprint density at radius 1 is 1.47 bits per heavy atom. The predicted octanol–water partition coefficient (Wildman–Crippen LogP) is 1.45. The van der Waals surface area contributed by atoms with E-state index in [9.17, 15) is 0 Å². The van der Waals surface area contributed by atoms with Gasteiger partial charge in [0.15, 0.2) is 0 Å². The Hall–Kier alpha value is -0.900. The second kappa shape index (κ2) is 5.26. The minimum absolute atomic E-state index is 0.735. The molecule has 0 amide bonds. The van der Waals surface area contributed by atoms with E-state index in [0.29, 0.717) is 0 Å². The molecule has 0 saturated heterocycles. The molecule has 1 aromatic rings.